The Kier molecular flexibility index (Phi) is 5.14. The maximum absolute atomic E-state index is 16.6. The van der Waals surface area contributed by atoms with Crippen LogP contribution in [0.3, 0.4) is 0 Å². The lowest BCUT2D eigenvalue weighted by molar-refractivity contribution is 0.0688. The number of aromatic amines is 1. The molecular formula is C31H33FN6O2. The lowest BCUT2D eigenvalue weighted by atomic mass is 9.73. The number of amides is 1. The van der Waals surface area contributed by atoms with Gasteiger partial charge in [0.15, 0.2) is 5.82 Å². The number of likely N-dealkylation sites (tertiary alicyclic amines) is 1. The molecular weight excluding hydrogens is 507 g/mol. The SMILES string of the molecule is C=Cc1cc(-c2ncc3c(c2F)-c2[nH]c4c(c2CC3)C(=O)NCC42CN(C)C2)cc(N2CCC3(CCOC3)C2)n1. The van der Waals surface area contributed by atoms with E-state index in [9.17, 15) is 4.79 Å². The van der Waals surface area contributed by atoms with Gasteiger partial charge in [0, 0.05) is 67.8 Å². The van der Waals surface area contributed by atoms with Crippen LogP contribution in [-0.2, 0) is 23.0 Å². The molecule has 9 heteroatoms. The van der Waals surface area contributed by atoms with Gasteiger partial charge < -0.3 is 24.8 Å². The molecule has 0 radical (unpaired) electrons. The molecule has 3 saturated heterocycles. The minimum Gasteiger partial charge on any atom is -0.381 e. The van der Waals surface area contributed by atoms with E-state index in [1.165, 1.54) is 0 Å². The van der Waals surface area contributed by atoms with Crippen LogP contribution in [0.25, 0.3) is 28.6 Å². The average molecular weight is 541 g/mol. The molecule has 0 aromatic carbocycles. The number of hydrogen-bond donors (Lipinski definition) is 2. The van der Waals surface area contributed by atoms with Crippen molar-refractivity contribution in [3.05, 3.63) is 58.8 Å². The number of anilines is 1. The van der Waals surface area contributed by atoms with Crippen molar-refractivity contribution in [2.75, 3.05) is 57.9 Å². The molecule has 8 rings (SSSR count). The number of nitrogens with one attached hydrogen (secondary N) is 2. The van der Waals surface area contributed by atoms with E-state index in [0.717, 1.165) is 86.1 Å². The lowest BCUT2D eigenvalue weighted by Gasteiger charge is -2.50. The number of hydrogen-bond acceptors (Lipinski definition) is 6. The molecule has 3 aromatic heterocycles. The summed E-state index contributed by atoms with van der Waals surface area (Å²) in [5.41, 5.74) is 6.47. The van der Waals surface area contributed by atoms with Gasteiger partial charge in [0.05, 0.1) is 29.0 Å². The summed E-state index contributed by atoms with van der Waals surface area (Å²) in [6.45, 7) is 9.66. The zero-order valence-corrected chi connectivity index (χ0v) is 22.8. The maximum atomic E-state index is 16.6. The van der Waals surface area contributed by atoms with Gasteiger partial charge in [0.25, 0.3) is 5.91 Å². The van der Waals surface area contributed by atoms with Crippen LogP contribution in [0.5, 0.6) is 0 Å². The van der Waals surface area contributed by atoms with Crippen molar-refractivity contribution in [3.63, 3.8) is 0 Å². The number of likely N-dealkylation sites (N-methyl/N-ethyl adjacent to an activating group) is 1. The van der Waals surface area contributed by atoms with Crippen molar-refractivity contribution in [3.8, 4) is 22.5 Å². The van der Waals surface area contributed by atoms with Crippen LogP contribution in [0.4, 0.5) is 10.2 Å². The summed E-state index contributed by atoms with van der Waals surface area (Å²) in [7, 11) is 2.08. The fourth-order valence-corrected chi connectivity index (χ4v) is 7.82. The molecule has 4 aliphatic heterocycles. The molecule has 3 fully saturated rings. The molecule has 1 atom stereocenters. The molecule has 3 aromatic rings. The van der Waals surface area contributed by atoms with E-state index in [-0.39, 0.29) is 22.6 Å². The third-order valence-electron chi connectivity index (χ3n) is 9.85. The van der Waals surface area contributed by atoms with Gasteiger partial charge in [-0.1, -0.05) is 6.58 Å². The Morgan fingerprint density at radius 1 is 1.18 bits per heavy atom. The monoisotopic (exact) mass is 540 g/mol. The van der Waals surface area contributed by atoms with E-state index in [2.05, 4.69) is 38.7 Å². The number of carbonyl (C=O) groups excluding carboxylic acids is 1. The predicted molar refractivity (Wildman–Crippen MR) is 151 cm³/mol. The fraction of sp³-hybridized carbons (Fsp3) is 0.452. The number of H-pyrrole nitrogens is 1. The summed E-state index contributed by atoms with van der Waals surface area (Å²) in [5, 5.41) is 3.11. The van der Waals surface area contributed by atoms with Gasteiger partial charge >= 0.3 is 0 Å². The van der Waals surface area contributed by atoms with Gasteiger partial charge in [-0.25, -0.2) is 9.37 Å². The Morgan fingerprint density at radius 3 is 2.83 bits per heavy atom. The highest BCUT2D eigenvalue weighted by atomic mass is 19.1. The van der Waals surface area contributed by atoms with Crippen molar-refractivity contribution >= 4 is 17.8 Å². The highest BCUT2D eigenvalue weighted by molar-refractivity contribution is 6.01. The lowest BCUT2D eigenvalue weighted by Crippen LogP contribution is -2.65. The number of ether oxygens (including phenoxy) is 1. The van der Waals surface area contributed by atoms with Crippen LogP contribution < -0.4 is 10.2 Å². The second-order valence-corrected chi connectivity index (χ2v) is 12.5. The standard InChI is InChI=1S/C31H33FN6O2/c1-3-20-10-19(11-22(35-20)38-8-6-30(14-38)7-9-40-17-30)26-25(32)23-18(12-33-26)4-5-21-24-28(36-27(21)23)31(13-34-29(24)39)15-37(2)16-31/h3,10-12,36H,1,4-9,13-17H2,2H3,(H,34,39). The van der Waals surface area contributed by atoms with Gasteiger partial charge in [-0.05, 0) is 62.1 Å². The Labute approximate surface area is 232 Å². The molecule has 0 bridgehead atoms. The average Bonchev–Trinajstić information content (AvgIpc) is 3.69. The zero-order valence-electron chi connectivity index (χ0n) is 22.8. The number of fused-ring (bicyclic) bond motifs is 6. The first-order valence-electron chi connectivity index (χ1n) is 14.3. The highest BCUT2D eigenvalue weighted by Crippen LogP contribution is 2.46. The summed E-state index contributed by atoms with van der Waals surface area (Å²) in [4.78, 5) is 30.6. The van der Waals surface area contributed by atoms with E-state index in [1.807, 2.05) is 12.1 Å². The number of rotatable bonds is 3. The minimum atomic E-state index is -0.355. The number of aromatic nitrogens is 3. The summed E-state index contributed by atoms with van der Waals surface area (Å²) < 4.78 is 22.4. The summed E-state index contributed by atoms with van der Waals surface area (Å²) in [6, 6.07) is 3.81. The minimum absolute atomic E-state index is 0.0590. The molecule has 206 valence electrons. The van der Waals surface area contributed by atoms with Crippen LogP contribution in [0.2, 0.25) is 0 Å². The molecule has 1 unspecified atom stereocenters. The van der Waals surface area contributed by atoms with E-state index >= 15 is 4.39 Å². The molecule has 40 heavy (non-hydrogen) atoms. The van der Waals surface area contributed by atoms with Gasteiger partial charge in [-0.2, -0.15) is 0 Å². The Balaban J connectivity index is 1.22. The van der Waals surface area contributed by atoms with Crippen molar-refractivity contribution in [1.82, 2.24) is 25.2 Å². The molecule has 8 nitrogen and oxygen atoms in total. The van der Waals surface area contributed by atoms with E-state index in [1.54, 1.807) is 12.3 Å². The Morgan fingerprint density at radius 2 is 2.05 bits per heavy atom. The predicted octanol–water partition coefficient (Wildman–Crippen LogP) is 3.56. The molecule has 5 aliphatic rings. The molecule has 0 saturated carbocycles. The first-order valence-corrected chi connectivity index (χ1v) is 14.3. The molecule has 2 N–H and O–H groups in total. The summed E-state index contributed by atoms with van der Waals surface area (Å²) in [5.74, 6) is 0.404. The number of halogens is 1. The second kappa shape index (κ2) is 8.47. The van der Waals surface area contributed by atoms with E-state index < -0.39 is 0 Å². The fourth-order valence-electron chi connectivity index (χ4n) is 7.82. The molecule has 1 amide bonds. The van der Waals surface area contributed by atoms with Crippen molar-refractivity contribution in [1.29, 1.82) is 0 Å². The third kappa shape index (κ3) is 3.40. The van der Waals surface area contributed by atoms with Gasteiger partial charge in [-0.15, -0.1) is 0 Å². The topological polar surface area (TPSA) is 86.4 Å². The first-order chi connectivity index (χ1) is 19.4. The number of aryl methyl sites for hydroxylation is 1. The quantitative estimate of drug-likeness (QED) is 0.529. The second-order valence-electron chi connectivity index (χ2n) is 12.5. The van der Waals surface area contributed by atoms with Crippen molar-refractivity contribution in [2.24, 2.45) is 5.41 Å². The van der Waals surface area contributed by atoms with Gasteiger partial charge in [-0.3, -0.25) is 9.78 Å². The van der Waals surface area contributed by atoms with Crippen LogP contribution in [-0.4, -0.2) is 78.7 Å². The smallest absolute Gasteiger partial charge is 0.253 e. The van der Waals surface area contributed by atoms with E-state index in [4.69, 9.17) is 9.72 Å². The largest absolute Gasteiger partial charge is 0.381 e. The highest BCUT2D eigenvalue weighted by Gasteiger charge is 2.50. The first kappa shape index (κ1) is 24.3. The molecule has 2 spiro atoms. The van der Waals surface area contributed by atoms with Crippen molar-refractivity contribution in [2.45, 2.75) is 31.1 Å². The Bertz CT molecular complexity index is 1580. The van der Waals surface area contributed by atoms with Crippen LogP contribution >= 0.6 is 0 Å². The Hall–Kier alpha value is -3.56. The summed E-state index contributed by atoms with van der Waals surface area (Å²) in [6.07, 6.45) is 6.98. The van der Waals surface area contributed by atoms with Gasteiger partial charge in [0.2, 0.25) is 0 Å². The number of pyridine rings is 2. The molecule has 1 aliphatic carbocycles. The van der Waals surface area contributed by atoms with E-state index in [0.29, 0.717) is 41.9 Å². The normalized spacial score (nSPS) is 24.6. The molecule has 7 heterocycles. The zero-order chi connectivity index (χ0) is 27.2. The summed E-state index contributed by atoms with van der Waals surface area (Å²) >= 11 is 0. The number of nitrogens with zero attached hydrogens (tertiary/aromatic N) is 4. The third-order valence-corrected chi connectivity index (χ3v) is 9.85. The van der Waals surface area contributed by atoms with Crippen LogP contribution in [0, 0.1) is 11.2 Å². The van der Waals surface area contributed by atoms with Crippen LogP contribution in [0.15, 0.2) is 24.9 Å². The van der Waals surface area contributed by atoms with Crippen molar-refractivity contribution < 1.29 is 13.9 Å². The van der Waals surface area contributed by atoms with Gasteiger partial charge in [0.1, 0.15) is 11.5 Å². The van der Waals surface area contributed by atoms with Crippen LogP contribution in [0.1, 0.15) is 45.7 Å². The maximum Gasteiger partial charge on any atom is 0.253 e. The number of carbonyl (C=O) groups is 1.